The molecule has 1 aromatic heterocycles. The van der Waals surface area contributed by atoms with E-state index in [-0.39, 0.29) is 45.8 Å². The van der Waals surface area contributed by atoms with Crippen LogP contribution in [0.5, 0.6) is 23.0 Å². The molecular formula is C18H16O6. The van der Waals surface area contributed by atoms with Gasteiger partial charge < -0.3 is 24.5 Å². The van der Waals surface area contributed by atoms with Crippen LogP contribution >= 0.6 is 0 Å². The molecule has 3 N–H and O–H groups in total. The second-order valence-corrected chi connectivity index (χ2v) is 5.64. The molecule has 0 aliphatic rings. The predicted molar refractivity (Wildman–Crippen MR) is 88.7 cm³/mol. The first-order chi connectivity index (χ1) is 11.4. The summed E-state index contributed by atoms with van der Waals surface area (Å²) in [7, 11) is 0. The van der Waals surface area contributed by atoms with Gasteiger partial charge in [-0.15, -0.1) is 0 Å². The first-order valence-electron chi connectivity index (χ1n) is 7.35. The van der Waals surface area contributed by atoms with Crippen molar-refractivity contribution in [2.45, 2.75) is 20.0 Å². The number of phenolic OH excluding ortho intramolecular Hbond substituents is 3. The van der Waals surface area contributed by atoms with Gasteiger partial charge in [0.05, 0.1) is 6.10 Å². The van der Waals surface area contributed by atoms with Crippen LogP contribution in [-0.2, 0) is 0 Å². The van der Waals surface area contributed by atoms with E-state index in [0.29, 0.717) is 5.56 Å². The van der Waals surface area contributed by atoms with Crippen molar-refractivity contribution in [2.75, 3.05) is 0 Å². The molecule has 0 radical (unpaired) electrons. The standard InChI is InChI=1S/C18H16O6/c1-9(2)23-18-16(22)15-13(21)7-12(20)8-14(15)24-17(18)10-3-5-11(19)6-4-10/h3-9,19-21H,1-2H3. The highest BCUT2D eigenvalue weighted by Crippen LogP contribution is 2.36. The molecule has 0 aliphatic carbocycles. The van der Waals surface area contributed by atoms with Crippen molar-refractivity contribution in [1.29, 1.82) is 0 Å². The van der Waals surface area contributed by atoms with E-state index in [9.17, 15) is 20.1 Å². The summed E-state index contributed by atoms with van der Waals surface area (Å²) in [5.41, 5.74) is 0.0208. The quantitative estimate of drug-likeness (QED) is 0.681. The summed E-state index contributed by atoms with van der Waals surface area (Å²) in [6.45, 7) is 3.53. The van der Waals surface area contributed by atoms with E-state index >= 15 is 0 Å². The average molecular weight is 328 g/mol. The smallest absolute Gasteiger partial charge is 0.239 e. The molecule has 24 heavy (non-hydrogen) atoms. The second-order valence-electron chi connectivity index (χ2n) is 5.64. The van der Waals surface area contributed by atoms with Crippen molar-refractivity contribution in [2.24, 2.45) is 0 Å². The molecule has 0 saturated carbocycles. The van der Waals surface area contributed by atoms with Gasteiger partial charge in [0.1, 0.15) is 28.2 Å². The Balaban J connectivity index is 2.37. The van der Waals surface area contributed by atoms with Gasteiger partial charge in [0, 0.05) is 17.7 Å². The van der Waals surface area contributed by atoms with Crippen LogP contribution in [0.15, 0.2) is 45.6 Å². The number of hydrogen-bond acceptors (Lipinski definition) is 6. The zero-order valence-corrected chi connectivity index (χ0v) is 13.1. The number of aromatic hydroxyl groups is 3. The SMILES string of the molecule is CC(C)Oc1c(-c2ccc(O)cc2)oc2cc(O)cc(O)c2c1=O. The molecule has 0 unspecified atom stereocenters. The largest absolute Gasteiger partial charge is 0.508 e. The minimum Gasteiger partial charge on any atom is -0.508 e. The summed E-state index contributed by atoms with van der Waals surface area (Å²) in [4.78, 5) is 12.8. The summed E-state index contributed by atoms with van der Waals surface area (Å²) in [5.74, 6) is -0.416. The van der Waals surface area contributed by atoms with Crippen LogP contribution in [0.4, 0.5) is 0 Å². The fourth-order valence-corrected chi connectivity index (χ4v) is 2.41. The highest BCUT2D eigenvalue weighted by Gasteiger charge is 2.21. The highest BCUT2D eigenvalue weighted by atomic mass is 16.5. The van der Waals surface area contributed by atoms with Crippen molar-refractivity contribution < 1.29 is 24.5 Å². The lowest BCUT2D eigenvalue weighted by molar-refractivity contribution is 0.236. The normalized spacial score (nSPS) is 11.1. The molecular weight excluding hydrogens is 312 g/mol. The number of benzene rings is 2. The maximum atomic E-state index is 12.8. The third kappa shape index (κ3) is 2.74. The van der Waals surface area contributed by atoms with E-state index in [4.69, 9.17) is 9.15 Å². The first kappa shape index (κ1) is 15.7. The third-order valence-corrected chi connectivity index (χ3v) is 3.40. The van der Waals surface area contributed by atoms with Gasteiger partial charge in [-0.1, -0.05) is 0 Å². The van der Waals surface area contributed by atoms with Crippen molar-refractivity contribution in [3.8, 4) is 34.3 Å². The Morgan fingerprint density at radius 3 is 2.29 bits per heavy atom. The van der Waals surface area contributed by atoms with Gasteiger partial charge in [-0.2, -0.15) is 0 Å². The Kier molecular flexibility index (Phi) is 3.81. The Bertz CT molecular complexity index is 954. The summed E-state index contributed by atoms with van der Waals surface area (Å²) in [6, 6.07) is 8.39. The van der Waals surface area contributed by atoms with Crippen molar-refractivity contribution >= 4 is 11.0 Å². The molecule has 0 aliphatic heterocycles. The maximum Gasteiger partial charge on any atom is 0.239 e. The van der Waals surface area contributed by atoms with Gasteiger partial charge >= 0.3 is 0 Å². The molecule has 3 aromatic rings. The molecule has 6 heteroatoms. The maximum absolute atomic E-state index is 12.8. The summed E-state index contributed by atoms with van der Waals surface area (Å²) < 4.78 is 11.3. The third-order valence-electron chi connectivity index (χ3n) is 3.40. The number of hydrogen-bond donors (Lipinski definition) is 3. The number of ether oxygens (including phenoxy) is 1. The lowest BCUT2D eigenvalue weighted by atomic mass is 10.1. The highest BCUT2D eigenvalue weighted by molar-refractivity contribution is 5.88. The number of rotatable bonds is 3. The lowest BCUT2D eigenvalue weighted by Gasteiger charge is -2.14. The summed E-state index contributed by atoms with van der Waals surface area (Å²) >= 11 is 0. The van der Waals surface area contributed by atoms with E-state index in [1.807, 2.05) is 0 Å². The van der Waals surface area contributed by atoms with Gasteiger partial charge in [0.25, 0.3) is 0 Å². The molecule has 0 bridgehead atoms. The zero-order chi connectivity index (χ0) is 17.4. The molecule has 2 aromatic carbocycles. The summed E-state index contributed by atoms with van der Waals surface area (Å²) in [6.07, 6.45) is -0.291. The Labute approximate surface area is 137 Å². The lowest BCUT2D eigenvalue weighted by Crippen LogP contribution is -2.15. The monoisotopic (exact) mass is 328 g/mol. The van der Waals surface area contributed by atoms with E-state index in [1.54, 1.807) is 26.0 Å². The van der Waals surface area contributed by atoms with E-state index in [1.165, 1.54) is 18.2 Å². The Morgan fingerprint density at radius 1 is 1.00 bits per heavy atom. The van der Waals surface area contributed by atoms with Gasteiger partial charge in [0.15, 0.2) is 5.76 Å². The van der Waals surface area contributed by atoms with Crippen LogP contribution in [0, 0.1) is 0 Å². The van der Waals surface area contributed by atoms with Gasteiger partial charge in [-0.05, 0) is 38.1 Å². The molecule has 3 rings (SSSR count). The summed E-state index contributed by atoms with van der Waals surface area (Å²) in [5, 5.41) is 29.0. The number of phenols is 3. The predicted octanol–water partition coefficient (Wildman–Crippen LogP) is 3.36. The van der Waals surface area contributed by atoms with Crippen LogP contribution < -0.4 is 10.2 Å². The van der Waals surface area contributed by atoms with Gasteiger partial charge in [-0.25, -0.2) is 0 Å². The van der Waals surface area contributed by atoms with Crippen LogP contribution in [0.1, 0.15) is 13.8 Å². The van der Waals surface area contributed by atoms with Gasteiger partial charge in [-0.3, -0.25) is 4.79 Å². The average Bonchev–Trinajstić information content (AvgIpc) is 2.49. The Morgan fingerprint density at radius 2 is 1.67 bits per heavy atom. The van der Waals surface area contributed by atoms with Crippen LogP contribution in [0.2, 0.25) is 0 Å². The fraction of sp³-hybridized carbons (Fsp3) is 0.167. The minimum absolute atomic E-state index is 0.0378. The molecule has 0 atom stereocenters. The first-order valence-corrected chi connectivity index (χ1v) is 7.35. The molecule has 0 amide bonds. The van der Waals surface area contributed by atoms with Crippen molar-refractivity contribution in [1.82, 2.24) is 0 Å². The Hall–Kier alpha value is -3.15. The van der Waals surface area contributed by atoms with Crippen molar-refractivity contribution in [3.05, 3.63) is 46.6 Å². The van der Waals surface area contributed by atoms with E-state index in [0.717, 1.165) is 6.07 Å². The van der Waals surface area contributed by atoms with E-state index in [2.05, 4.69) is 0 Å². The molecule has 124 valence electrons. The molecule has 1 heterocycles. The molecule has 0 spiro atoms. The van der Waals surface area contributed by atoms with Gasteiger partial charge in [0.2, 0.25) is 11.2 Å². The fourth-order valence-electron chi connectivity index (χ4n) is 2.41. The van der Waals surface area contributed by atoms with Crippen molar-refractivity contribution in [3.63, 3.8) is 0 Å². The van der Waals surface area contributed by atoms with Crippen LogP contribution in [0.3, 0.4) is 0 Å². The molecule has 0 saturated heterocycles. The second kappa shape index (κ2) is 5.81. The number of fused-ring (bicyclic) bond motifs is 1. The zero-order valence-electron chi connectivity index (χ0n) is 13.1. The van der Waals surface area contributed by atoms with Crippen LogP contribution in [-0.4, -0.2) is 21.4 Å². The minimum atomic E-state index is -0.537. The van der Waals surface area contributed by atoms with E-state index < -0.39 is 5.43 Å². The van der Waals surface area contributed by atoms with Crippen LogP contribution in [0.25, 0.3) is 22.3 Å². The molecule has 6 nitrogen and oxygen atoms in total. The molecule has 0 fully saturated rings. The topological polar surface area (TPSA) is 100 Å².